The fraction of sp³-hybridized carbons (Fsp3) is 0.364. The van der Waals surface area contributed by atoms with E-state index >= 15 is 0 Å². The van der Waals surface area contributed by atoms with E-state index in [0.29, 0.717) is 24.6 Å². The molecule has 0 atom stereocenters. The highest BCUT2D eigenvalue weighted by Crippen LogP contribution is 2.24. The van der Waals surface area contributed by atoms with Crippen molar-refractivity contribution < 1.29 is 14.3 Å². The number of amides is 1. The van der Waals surface area contributed by atoms with Gasteiger partial charge in [0, 0.05) is 18.0 Å². The molecule has 0 saturated carbocycles. The number of thiazole rings is 1. The molecule has 3 rings (SSSR count). The predicted octanol–water partition coefficient (Wildman–Crippen LogP) is 4.45. The van der Waals surface area contributed by atoms with Crippen molar-refractivity contribution in [2.75, 3.05) is 26.6 Å². The maximum Gasteiger partial charge on any atom is 0.252 e. The number of aryl methyl sites for hydroxylation is 1. The van der Waals surface area contributed by atoms with Crippen molar-refractivity contribution in [1.82, 2.24) is 4.57 Å². The quantitative estimate of drug-likeness (QED) is 0.391. The topological polar surface area (TPSA) is 52.8 Å². The summed E-state index contributed by atoms with van der Waals surface area (Å²) in [6, 6.07) is 12.1. The summed E-state index contributed by atoms with van der Waals surface area (Å²) in [6.07, 6.45) is 2.32. The maximum absolute atomic E-state index is 12.7. The number of rotatable bonds is 8. The molecule has 0 unspecified atom stereocenters. The van der Waals surface area contributed by atoms with Crippen LogP contribution in [0.1, 0.15) is 18.1 Å². The predicted molar refractivity (Wildman–Crippen MR) is 120 cm³/mol. The number of hydrogen-bond acceptors (Lipinski definition) is 5. The minimum atomic E-state index is -0.156. The van der Waals surface area contributed by atoms with Gasteiger partial charge in [-0.2, -0.15) is 4.99 Å². The highest BCUT2D eigenvalue weighted by Gasteiger charge is 2.10. The fourth-order valence-electron chi connectivity index (χ4n) is 3.15. The molecular weight excluding hydrogens is 404 g/mol. The molecule has 0 spiro atoms. The van der Waals surface area contributed by atoms with Gasteiger partial charge in [0.1, 0.15) is 5.75 Å². The van der Waals surface area contributed by atoms with Crippen molar-refractivity contribution in [3.05, 3.63) is 52.3 Å². The Balaban J connectivity index is 1.93. The van der Waals surface area contributed by atoms with Crippen molar-refractivity contribution in [2.24, 2.45) is 4.99 Å². The molecule has 3 aromatic rings. The van der Waals surface area contributed by atoms with Crippen LogP contribution >= 0.6 is 23.1 Å². The van der Waals surface area contributed by atoms with Gasteiger partial charge in [0.05, 0.1) is 30.4 Å². The number of carbonyl (C=O) groups excluding carboxylic acids is 1. The largest absolute Gasteiger partial charge is 0.496 e. The zero-order valence-corrected chi connectivity index (χ0v) is 18.9. The highest BCUT2D eigenvalue weighted by atomic mass is 32.2. The van der Waals surface area contributed by atoms with Gasteiger partial charge in [0.25, 0.3) is 5.91 Å². The molecule has 0 fully saturated rings. The Labute approximate surface area is 179 Å². The molecule has 5 nitrogen and oxygen atoms in total. The van der Waals surface area contributed by atoms with Gasteiger partial charge in [-0.3, -0.25) is 4.79 Å². The lowest BCUT2D eigenvalue weighted by Crippen LogP contribution is -2.20. The third kappa shape index (κ3) is 5.29. The van der Waals surface area contributed by atoms with Crippen LogP contribution in [-0.4, -0.2) is 37.1 Å². The molecule has 0 aliphatic carbocycles. The average Bonchev–Trinajstić information content (AvgIpc) is 3.04. The summed E-state index contributed by atoms with van der Waals surface area (Å²) in [5, 5.41) is 0. The number of ether oxygens (including phenoxy) is 2. The fourth-order valence-corrected chi connectivity index (χ4v) is 4.78. The van der Waals surface area contributed by atoms with Crippen LogP contribution < -0.4 is 9.54 Å². The standard InChI is InChI=1S/C22H26N2O3S2/c1-5-27-11-10-24-18-8-7-17(28-4)14-20(18)29-22(24)23-21(25)13-16-6-9-19(26-3)15(2)12-16/h6-9,12,14H,5,10-11,13H2,1-4H3. The number of methoxy groups -OCH3 is 1. The Morgan fingerprint density at radius 2 is 2.07 bits per heavy atom. The van der Waals surface area contributed by atoms with E-state index in [1.807, 2.05) is 32.0 Å². The van der Waals surface area contributed by atoms with Crippen molar-refractivity contribution in [1.29, 1.82) is 0 Å². The van der Waals surface area contributed by atoms with E-state index in [-0.39, 0.29) is 12.3 Å². The van der Waals surface area contributed by atoms with Crippen molar-refractivity contribution >= 4 is 39.2 Å². The Kier molecular flexibility index (Phi) is 7.52. The van der Waals surface area contributed by atoms with Gasteiger partial charge in [-0.15, -0.1) is 11.8 Å². The smallest absolute Gasteiger partial charge is 0.252 e. The summed E-state index contributed by atoms with van der Waals surface area (Å²) in [5.74, 6) is 0.664. The molecule has 29 heavy (non-hydrogen) atoms. The molecule has 1 aromatic heterocycles. The zero-order chi connectivity index (χ0) is 20.8. The van der Waals surface area contributed by atoms with Crippen LogP contribution in [0, 0.1) is 6.92 Å². The first-order chi connectivity index (χ1) is 14.0. The normalized spacial score (nSPS) is 11.9. The van der Waals surface area contributed by atoms with E-state index in [1.165, 1.54) is 4.90 Å². The number of aromatic nitrogens is 1. The SMILES string of the molecule is CCOCCn1c(=NC(=O)Cc2ccc(OC)c(C)c2)sc2cc(SC)ccc21. The Morgan fingerprint density at radius 3 is 2.76 bits per heavy atom. The third-order valence-electron chi connectivity index (χ3n) is 4.59. The molecule has 0 N–H and O–H groups in total. The minimum absolute atomic E-state index is 0.156. The summed E-state index contributed by atoms with van der Waals surface area (Å²) in [6.45, 7) is 5.88. The lowest BCUT2D eigenvalue weighted by Gasteiger charge is -2.07. The first-order valence-corrected chi connectivity index (χ1v) is 11.6. The van der Waals surface area contributed by atoms with E-state index in [1.54, 1.807) is 30.2 Å². The van der Waals surface area contributed by atoms with E-state index in [2.05, 4.69) is 34.0 Å². The van der Waals surface area contributed by atoms with Gasteiger partial charge in [0.15, 0.2) is 4.80 Å². The molecule has 0 aliphatic heterocycles. The molecule has 1 heterocycles. The maximum atomic E-state index is 12.7. The van der Waals surface area contributed by atoms with Crippen LogP contribution in [0.25, 0.3) is 10.2 Å². The molecule has 154 valence electrons. The number of thioether (sulfide) groups is 1. The van der Waals surface area contributed by atoms with Gasteiger partial charge < -0.3 is 14.0 Å². The van der Waals surface area contributed by atoms with E-state index < -0.39 is 0 Å². The molecule has 2 aromatic carbocycles. The van der Waals surface area contributed by atoms with Gasteiger partial charge in [-0.25, -0.2) is 0 Å². The number of nitrogens with zero attached hydrogens (tertiary/aromatic N) is 2. The minimum Gasteiger partial charge on any atom is -0.496 e. The number of benzene rings is 2. The molecule has 0 radical (unpaired) electrons. The van der Waals surface area contributed by atoms with Crippen LogP contribution in [0.3, 0.4) is 0 Å². The first kappa shape index (κ1) is 21.6. The first-order valence-electron chi connectivity index (χ1n) is 9.52. The Morgan fingerprint density at radius 1 is 1.24 bits per heavy atom. The van der Waals surface area contributed by atoms with Gasteiger partial charge in [0.2, 0.25) is 0 Å². The van der Waals surface area contributed by atoms with Gasteiger partial charge in [-0.1, -0.05) is 23.5 Å². The van der Waals surface area contributed by atoms with Crippen LogP contribution in [0.4, 0.5) is 0 Å². The third-order valence-corrected chi connectivity index (χ3v) is 6.35. The second kappa shape index (κ2) is 10.1. The summed E-state index contributed by atoms with van der Waals surface area (Å²) in [7, 11) is 1.65. The second-order valence-electron chi connectivity index (χ2n) is 6.55. The highest BCUT2D eigenvalue weighted by molar-refractivity contribution is 7.98. The van der Waals surface area contributed by atoms with Gasteiger partial charge >= 0.3 is 0 Å². The van der Waals surface area contributed by atoms with Crippen LogP contribution in [0.5, 0.6) is 5.75 Å². The molecule has 0 aliphatic rings. The molecule has 0 bridgehead atoms. The van der Waals surface area contributed by atoms with Crippen LogP contribution in [0.15, 0.2) is 46.3 Å². The van der Waals surface area contributed by atoms with Gasteiger partial charge in [-0.05, 0) is 55.5 Å². The van der Waals surface area contributed by atoms with E-state index in [0.717, 1.165) is 27.1 Å². The van der Waals surface area contributed by atoms with Crippen LogP contribution in [-0.2, 0) is 22.5 Å². The molecule has 7 heteroatoms. The van der Waals surface area contributed by atoms with E-state index in [9.17, 15) is 4.79 Å². The average molecular weight is 431 g/mol. The summed E-state index contributed by atoms with van der Waals surface area (Å²) >= 11 is 3.25. The summed E-state index contributed by atoms with van der Waals surface area (Å²) in [4.78, 5) is 19.0. The van der Waals surface area contributed by atoms with Crippen LogP contribution in [0.2, 0.25) is 0 Å². The van der Waals surface area contributed by atoms with Crippen molar-refractivity contribution in [3.8, 4) is 5.75 Å². The Bertz CT molecular complexity index is 1070. The summed E-state index contributed by atoms with van der Waals surface area (Å²) in [5.41, 5.74) is 3.03. The number of hydrogen-bond donors (Lipinski definition) is 0. The van der Waals surface area contributed by atoms with Crippen molar-refractivity contribution in [3.63, 3.8) is 0 Å². The lowest BCUT2D eigenvalue weighted by atomic mass is 10.1. The zero-order valence-electron chi connectivity index (χ0n) is 17.2. The lowest BCUT2D eigenvalue weighted by molar-refractivity contribution is -0.117. The molecular formula is C22H26N2O3S2. The van der Waals surface area contributed by atoms with E-state index in [4.69, 9.17) is 9.47 Å². The number of fused-ring (bicyclic) bond motifs is 1. The second-order valence-corrected chi connectivity index (χ2v) is 8.44. The summed E-state index contributed by atoms with van der Waals surface area (Å²) < 4.78 is 14.0. The molecule has 0 saturated heterocycles. The monoisotopic (exact) mass is 430 g/mol. The van der Waals surface area contributed by atoms with Crippen molar-refractivity contribution in [2.45, 2.75) is 31.7 Å². The molecule has 1 amide bonds. The number of carbonyl (C=O) groups is 1. The Hall–Kier alpha value is -2.09.